The zero-order valence-corrected chi connectivity index (χ0v) is 15.8. The lowest BCUT2D eigenvalue weighted by molar-refractivity contribution is 0.0926. The number of carbonyl (C=O) groups excluding carboxylic acids is 3. The third kappa shape index (κ3) is 3.74. The average Bonchev–Trinajstić information content (AvgIpc) is 3.26. The number of rotatable bonds is 5. The van der Waals surface area contributed by atoms with E-state index in [9.17, 15) is 14.4 Å². The molecule has 0 spiro atoms. The number of hydrogen-bond donors (Lipinski definition) is 2. The number of hydrogen-bond acceptors (Lipinski definition) is 7. The Kier molecular flexibility index (Phi) is 4.82. The summed E-state index contributed by atoms with van der Waals surface area (Å²) < 4.78 is 10.4. The summed E-state index contributed by atoms with van der Waals surface area (Å²) in [6, 6.07) is 6.54. The molecule has 2 aromatic heterocycles. The molecule has 4 rings (SSSR count). The van der Waals surface area contributed by atoms with Crippen molar-refractivity contribution < 1.29 is 23.5 Å². The van der Waals surface area contributed by atoms with Crippen LogP contribution in [0.4, 0.5) is 9.80 Å². The van der Waals surface area contributed by atoms with Crippen LogP contribution in [-0.2, 0) is 4.74 Å². The van der Waals surface area contributed by atoms with Gasteiger partial charge in [-0.1, -0.05) is 0 Å². The molecule has 2 heterocycles. The molecule has 0 saturated heterocycles. The van der Waals surface area contributed by atoms with Crippen molar-refractivity contribution >= 4 is 45.3 Å². The smallest absolute Gasteiger partial charge is 0.414 e. The Hall–Kier alpha value is -3.20. The van der Waals surface area contributed by atoms with Crippen LogP contribution in [0.1, 0.15) is 52.3 Å². The van der Waals surface area contributed by atoms with Gasteiger partial charge >= 0.3 is 6.09 Å². The number of thiophene rings is 1. The Morgan fingerprint density at radius 3 is 2.82 bits per heavy atom. The molecule has 3 amide bonds. The van der Waals surface area contributed by atoms with Crippen molar-refractivity contribution in [2.75, 3.05) is 11.9 Å². The standard InChI is InChI=1S/C19H17N3O5S/c1-2-26-19(25)22-16(24)12-7-8-28-18(12)21-15(23)11-5-6-14-13(9-11)20-17(27-14)10-3-4-10/h5-10H,2-4H2,1H3,(H,21,23)(H,22,24,25). The van der Waals surface area contributed by atoms with E-state index < -0.39 is 12.0 Å². The van der Waals surface area contributed by atoms with E-state index in [2.05, 4.69) is 15.6 Å². The lowest BCUT2D eigenvalue weighted by Crippen LogP contribution is -2.31. The highest BCUT2D eigenvalue weighted by Crippen LogP contribution is 2.40. The van der Waals surface area contributed by atoms with Gasteiger partial charge in [-0.05, 0) is 49.4 Å². The molecular weight excluding hydrogens is 382 g/mol. The zero-order valence-electron chi connectivity index (χ0n) is 15.0. The van der Waals surface area contributed by atoms with Crippen LogP contribution in [0.15, 0.2) is 34.1 Å². The molecule has 144 valence electrons. The first-order valence-corrected chi connectivity index (χ1v) is 9.70. The maximum Gasteiger partial charge on any atom is 0.414 e. The zero-order chi connectivity index (χ0) is 19.7. The Bertz CT molecular complexity index is 1070. The molecule has 1 aliphatic carbocycles. The largest absolute Gasteiger partial charge is 0.450 e. The molecular formula is C19H17N3O5S. The molecule has 9 heteroatoms. The van der Waals surface area contributed by atoms with Crippen LogP contribution in [0, 0.1) is 0 Å². The second-order valence-electron chi connectivity index (χ2n) is 6.30. The van der Waals surface area contributed by atoms with Gasteiger partial charge in [-0.25, -0.2) is 9.78 Å². The van der Waals surface area contributed by atoms with Crippen molar-refractivity contribution in [3.8, 4) is 0 Å². The van der Waals surface area contributed by atoms with Crippen LogP contribution in [0.3, 0.4) is 0 Å². The number of aromatic nitrogens is 1. The van der Waals surface area contributed by atoms with E-state index in [4.69, 9.17) is 9.15 Å². The van der Waals surface area contributed by atoms with Crippen LogP contribution in [0.2, 0.25) is 0 Å². The fourth-order valence-electron chi connectivity index (χ4n) is 2.68. The highest BCUT2D eigenvalue weighted by Gasteiger charge is 2.29. The van der Waals surface area contributed by atoms with Crippen molar-refractivity contribution in [2.45, 2.75) is 25.7 Å². The van der Waals surface area contributed by atoms with Gasteiger partial charge in [0, 0.05) is 11.5 Å². The van der Waals surface area contributed by atoms with Gasteiger partial charge in [0.25, 0.3) is 11.8 Å². The lowest BCUT2D eigenvalue weighted by atomic mass is 10.2. The monoisotopic (exact) mass is 399 g/mol. The molecule has 0 radical (unpaired) electrons. The van der Waals surface area contributed by atoms with E-state index in [1.165, 1.54) is 17.4 Å². The van der Waals surface area contributed by atoms with E-state index in [-0.39, 0.29) is 18.1 Å². The average molecular weight is 399 g/mol. The van der Waals surface area contributed by atoms with E-state index >= 15 is 0 Å². The second kappa shape index (κ2) is 7.43. The minimum Gasteiger partial charge on any atom is -0.450 e. The number of anilines is 1. The lowest BCUT2D eigenvalue weighted by Gasteiger charge is -2.07. The summed E-state index contributed by atoms with van der Waals surface area (Å²) in [5, 5.41) is 6.81. The minimum absolute atomic E-state index is 0.152. The quantitative estimate of drug-likeness (QED) is 0.673. The van der Waals surface area contributed by atoms with Gasteiger partial charge in [0.2, 0.25) is 0 Å². The van der Waals surface area contributed by atoms with Gasteiger partial charge in [0.05, 0.1) is 12.2 Å². The number of nitrogens with one attached hydrogen (secondary N) is 2. The number of alkyl carbamates (subject to hydrolysis) is 1. The van der Waals surface area contributed by atoms with E-state index in [0.29, 0.717) is 33.5 Å². The summed E-state index contributed by atoms with van der Waals surface area (Å²) in [6.45, 7) is 1.79. The number of carbonyl (C=O) groups is 3. The molecule has 8 nitrogen and oxygen atoms in total. The molecule has 3 aromatic rings. The summed E-state index contributed by atoms with van der Waals surface area (Å²) in [4.78, 5) is 40.7. The molecule has 0 bridgehead atoms. The fourth-order valence-corrected chi connectivity index (χ4v) is 3.46. The van der Waals surface area contributed by atoms with Crippen LogP contribution >= 0.6 is 11.3 Å². The Labute approximate surface area is 163 Å². The number of ether oxygens (including phenoxy) is 1. The molecule has 1 saturated carbocycles. The van der Waals surface area contributed by atoms with Gasteiger partial charge in [-0.2, -0.15) is 0 Å². The minimum atomic E-state index is -0.834. The molecule has 1 fully saturated rings. The molecule has 0 aliphatic heterocycles. The van der Waals surface area contributed by atoms with E-state index in [1.54, 1.807) is 30.5 Å². The van der Waals surface area contributed by atoms with Crippen molar-refractivity contribution in [1.82, 2.24) is 10.3 Å². The van der Waals surface area contributed by atoms with E-state index in [1.807, 2.05) is 0 Å². The van der Waals surface area contributed by atoms with Gasteiger partial charge in [-0.15, -0.1) is 11.3 Å². The van der Waals surface area contributed by atoms with Gasteiger partial charge < -0.3 is 14.5 Å². The molecule has 1 aliphatic rings. The molecule has 0 unspecified atom stereocenters. The topological polar surface area (TPSA) is 111 Å². The third-order valence-electron chi connectivity index (χ3n) is 4.22. The van der Waals surface area contributed by atoms with E-state index in [0.717, 1.165) is 12.8 Å². The van der Waals surface area contributed by atoms with Crippen LogP contribution in [0.5, 0.6) is 0 Å². The number of nitrogens with zero attached hydrogens (tertiary/aromatic N) is 1. The predicted octanol–water partition coefficient (Wildman–Crippen LogP) is 3.91. The first-order valence-electron chi connectivity index (χ1n) is 8.82. The number of oxazole rings is 1. The van der Waals surface area contributed by atoms with Gasteiger partial charge in [0.1, 0.15) is 10.5 Å². The molecule has 0 atom stereocenters. The SMILES string of the molecule is CCOC(=O)NC(=O)c1ccsc1NC(=O)c1ccc2oc(C3CC3)nc2c1. The molecule has 1 aromatic carbocycles. The first kappa shape index (κ1) is 18.2. The maximum atomic E-state index is 12.6. The van der Waals surface area contributed by atoms with Crippen molar-refractivity contribution in [3.05, 3.63) is 46.7 Å². The molecule has 28 heavy (non-hydrogen) atoms. The summed E-state index contributed by atoms with van der Waals surface area (Å²) in [6.07, 6.45) is 1.32. The number of amides is 3. The summed E-state index contributed by atoms with van der Waals surface area (Å²) in [5.74, 6) is 0.0709. The van der Waals surface area contributed by atoms with Crippen molar-refractivity contribution in [1.29, 1.82) is 0 Å². The first-order chi connectivity index (χ1) is 13.5. The number of fused-ring (bicyclic) bond motifs is 1. The Morgan fingerprint density at radius 1 is 1.25 bits per heavy atom. The third-order valence-corrected chi connectivity index (χ3v) is 5.05. The normalized spacial score (nSPS) is 13.3. The maximum absolute atomic E-state index is 12.6. The van der Waals surface area contributed by atoms with Gasteiger partial charge in [0.15, 0.2) is 11.5 Å². The summed E-state index contributed by atoms with van der Waals surface area (Å²) >= 11 is 1.18. The highest BCUT2D eigenvalue weighted by molar-refractivity contribution is 7.14. The molecule has 2 N–H and O–H groups in total. The van der Waals surface area contributed by atoms with Crippen LogP contribution in [-0.4, -0.2) is 29.5 Å². The predicted molar refractivity (Wildman–Crippen MR) is 103 cm³/mol. The summed E-state index contributed by atoms with van der Waals surface area (Å²) in [5.41, 5.74) is 1.85. The van der Waals surface area contributed by atoms with Gasteiger partial charge in [-0.3, -0.25) is 14.9 Å². The Balaban J connectivity index is 1.49. The number of benzene rings is 1. The van der Waals surface area contributed by atoms with Crippen LogP contribution < -0.4 is 10.6 Å². The highest BCUT2D eigenvalue weighted by atomic mass is 32.1. The van der Waals surface area contributed by atoms with Crippen LogP contribution in [0.25, 0.3) is 11.1 Å². The van der Waals surface area contributed by atoms with Crippen molar-refractivity contribution in [2.24, 2.45) is 0 Å². The number of imide groups is 1. The Morgan fingerprint density at radius 2 is 2.07 bits per heavy atom. The second-order valence-corrected chi connectivity index (χ2v) is 7.22. The van der Waals surface area contributed by atoms with Crippen molar-refractivity contribution in [3.63, 3.8) is 0 Å². The fraction of sp³-hybridized carbons (Fsp3) is 0.263. The summed E-state index contributed by atoms with van der Waals surface area (Å²) in [7, 11) is 0.